The average molecular weight is 186 g/mol. The van der Waals surface area contributed by atoms with Gasteiger partial charge in [-0.2, -0.15) is 0 Å². The van der Waals surface area contributed by atoms with E-state index in [0.717, 1.165) is 5.69 Å². The van der Waals surface area contributed by atoms with Crippen LogP contribution in [-0.2, 0) is 0 Å². The molecule has 1 aromatic rings. The molecule has 1 rings (SSSR count). The van der Waals surface area contributed by atoms with Crippen molar-refractivity contribution in [2.75, 3.05) is 6.54 Å². The Morgan fingerprint density at radius 2 is 2.42 bits per heavy atom. The smallest absolute Gasteiger partial charge is 0.0795 e. The second-order valence-corrected chi connectivity index (χ2v) is 3.61. The number of hydrogen-bond donors (Lipinski definition) is 2. The number of aliphatic hydroxyl groups is 1. The lowest BCUT2D eigenvalue weighted by atomic mass is 10.2. The predicted octanol–water partition coefficient (Wildman–Crippen LogP) is 1.17. The van der Waals surface area contributed by atoms with Crippen LogP contribution in [-0.4, -0.2) is 22.7 Å². The third kappa shape index (κ3) is 2.89. The van der Waals surface area contributed by atoms with Gasteiger partial charge in [0.05, 0.1) is 17.3 Å². The summed E-state index contributed by atoms with van der Waals surface area (Å²) in [7, 11) is 0. The lowest BCUT2D eigenvalue weighted by Gasteiger charge is -2.12. The van der Waals surface area contributed by atoms with E-state index >= 15 is 0 Å². The number of aromatic nitrogens is 1. The van der Waals surface area contributed by atoms with Crippen LogP contribution >= 0.6 is 11.3 Å². The average Bonchev–Trinajstić information content (AvgIpc) is 2.51. The number of nitrogens with one attached hydrogen (secondary N) is 1. The number of aliphatic hydroxyl groups excluding tert-OH is 1. The molecule has 68 valence electrons. The molecule has 0 aromatic carbocycles. The molecule has 0 spiro atoms. The second kappa shape index (κ2) is 4.54. The van der Waals surface area contributed by atoms with Crippen molar-refractivity contribution in [1.29, 1.82) is 0 Å². The van der Waals surface area contributed by atoms with E-state index in [9.17, 15) is 0 Å². The van der Waals surface area contributed by atoms with Crippen molar-refractivity contribution in [3.63, 3.8) is 0 Å². The Hall–Kier alpha value is -0.450. The first-order valence-electron chi connectivity index (χ1n) is 3.99. The van der Waals surface area contributed by atoms with Gasteiger partial charge in [-0.15, -0.1) is 11.3 Å². The van der Waals surface area contributed by atoms with Crippen LogP contribution in [0.3, 0.4) is 0 Å². The monoisotopic (exact) mass is 186 g/mol. The van der Waals surface area contributed by atoms with Crippen LogP contribution in [0.2, 0.25) is 0 Å². The maximum absolute atomic E-state index is 9.02. The number of nitrogens with zero attached hydrogens (tertiary/aromatic N) is 1. The molecule has 0 aliphatic heterocycles. The van der Waals surface area contributed by atoms with E-state index in [1.165, 1.54) is 0 Å². The number of rotatable bonds is 4. The second-order valence-electron chi connectivity index (χ2n) is 2.89. The van der Waals surface area contributed by atoms with E-state index in [1.807, 2.05) is 17.8 Å². The van der Waals surface area contributed by atoms with Crippen LogP contribution in [0.15, 0.2) is 10.9 Å². The van der Waals surface area contributed by atoms with Crippen molar-refractivity contribution in [1.82, 2.24) is 10.3 Å². The minimum atomic E-state index is -0.300. The Labute approximate surface area is 76.5 Å². The molecule has 2 atom stereocenters. The van der Waals surface area contributed by atoms with Gasteiger partial charge in [-0.3, -0.25) is 0 Å². The fourth-order valence-electron chi connectivity index (χ4n) is 0.888. The lowest BCUT2D eigenvalue weighted by molar-refractivity contribution is 0.187. The summed E-state index contributed by atoms with van der Waals surface area (Å²) in [6.07, 6.45) is -0.300. The zero-order valence-electron chi connectivity index (χ0n) is 7.32. The Kier molecular flexibility index (Phi) is 3.65. The molecule has 0 amide bonds. The molecule has 1 unspecified atom stereocenters. The first-order valence-corrected chi connectivity index (χ1v) is 4.94. The standard InChI is InChI=1S/C8H14N2OS/c1-6(11)3-9-7(2)8-4-12-5-10-8/h4-7,9,11H,3H2,1-2H3/t6-,7?/m0/s1. The summed E-state index contributed by atoms with van der Waals surface area (Å²) in [5.74, 6) is 0. The van der Waals surface area contributed by atoms with Crippen molar-refractivity contribution in [3.8, 4) is 0 Å². The highest BCUT2D eigenvalue weighted by atomic mass is 32.1. The maximum Gasteiger partial charge on any atom is 0.0795 e. The molecule has 0 radical (unpaired) electrons. The minimum absolute atomic E-state index is 0.228. The van der Waals surface area contributed by atoms with Gasteiger partial charge in [0.25, 0.3) is 0 Å². The van der Waals surface area contributed by atoms with Crippen LogP contribution < -0.4 is 5.32 Å². The Bertz CT molecular complexity index is 211. The predicted molar refractivity (Wildman–Crippen MR) is 50.2 cm³/mol. The topological polar surface area (TPSA) is 45.1 Å². The number of hydrogen-bond acceptors (Lipinski definition) is 4. The molecular weight excluding hydrogens is 172 g/mol. The molecule has 1 heterocycles. The fraction of sp³-hybridized carbons (Fsp3) is 0.625. The normalized spacial score (nSPS) is 15.9. The summed E-state index contributed by atoms with van der Waals surface area (Å²) in [6, 6.07) is 0.228. The molecule has 0 fully saturated rings. The molecule has 0 saturated heterocycles. The Morgan fingerprint density at radius 3 is 2.92 bits per heavy atom. The van der Waals surface area contributed by atoms with E-state index in [-0.39, 0.29) is 12.1 Å². The molecule has 0 bridgehead atoms. The molecule has 12 heavy (non-hydrogen) atoms. The zero-order chi connectivity index (χ0) is 8.97. The highest BCUT2D eigenvalue weighted by molar-refractivity contribution is 7.07. The summed E-state index contributed by atoms with van der Waals surface area (Å²) in [5.41, 5.74) is 2.86. The van der Waals surface area contributed by atoms with Crippen LogP contribution in [0.4, 0.5) is 0 Å². The van der Waals surface area contributed by atoms with E-state index < -0.39 is 0 Å². The summed E-state index contributed by atoms with van der Waals surface area (Å²) >= 11 is 1.59. The first-order chi connectivity index (χ1) is 5.70. The van der Waals surface area contributed by atoms with E-state index in [1.54, 1.807) is 18.3 Å². The Balaban J connectivity index is 2.34. The first kappa shape index (κ1) is 9.64. The molecule has 3 nitrogen and oxygen atoms in total. The zero-order valence-corrected chi connectivity index (χ0v) is 8.14. The number of thiazole rings is 1. The van der Waals surface area contributed by atoms with Gasteiger partial charge in [0, 0.05) is 18.0 Å². The van der Waals surface area contributed by atoms with Crippen molar-refractivity contribution >= 4 is 11.3 Å². The van der Waals surface area contributed by atoms with Gasteiger partial charge >= 0.3 is 0 Å². The summed E-state index contributed by atoms with van der Waals surface area (Å²) in [4.78, 5) is 4.17. The van der Waals surface area contributed by atoms with Crippen molar-refractivity contribution in [3.05, 3.63) is 16.6 Å². The minimum Gasteiger partial charge on any atom is -0.392 e. The Morgan fingerprint density at radius 1 is 1.67 bits per heavy atom. The molecule has 0 aliphatic rings. The maximum atomic E-state index is 9.02. The highest BCUT2D eigenvalue weighted by Gasteiger charge is 2.06. The van der Waals surface area contributed by atoms with Gasteiger partial charge in [0.15, 0.2) is 0 Å². The fourth-order valence-corrected chi connectivity index (χ4v) is 1.54. The van der Waals surface area contributed by atoms with Crippen molar-refractivity contribution in [2.24, 2.45) is 0 Å². The van der Waals surface area contributed by atoms with E-state index in [4.69, 9.17) is 5.11 Å². The van der Waals surface area contributed by atoms with Gasteiger partial charge in [-0.05, 0) is 13.8 Å². The summed E-state index contributed by atoms with van der Waals surface area (Å²) in [6.45, 7) is 4.41. The molecule has 1 aromatic heterocycles. The quantitative estimate of drug-likeness (QED) is 0.742. The summed E-state index contributed by atoms with van der Waals surface area (Å²) in [5, 5.41) is 14.2. The van der Waals surface area contributed by atoms with Crippen molar-refractivity contribution < 1.29 is 5.11 Å². The molecule has 2 N–H and O–H groups in total. The molecular formula is C8H14N2OS. The van der Waals surface area contributed by atoms with Crippen LogP contribution in [0, 0.1) is 0 Å². The van der Waals surface area contributed by atoms with Gasteiger partial charge in [0.1, 0.15) is 0 Å². The van der Waals surface area contributed by atoms with Crippen LogP contribution in [0.5, 0.6) is 0 Å². The van der Waals surface area contributed by atoms with Gasteiger partial charge in [0.2, 0.25) is 0 Å². The van der Waals surface area contributed by atoms with E-state index in [2.05, 4.69) is 10.3 Å². The van der Waals surface area contributed by atoms with Crippen molar-refractivity contribution in [2.45, 2.75) is 26.0 Å². The van der Waals surface area contributed by atoms with Gasteiger partial charge < -0.3 is 10.4 Å². The third-order valence-electron chi connectivity index (χ3n) is 1.61. The highest BCUT2D eigenvalue weighted by Crippen LogP contribution is 2.11. The SMILES string of the molecule is CC(NC[C@H](C)O)c1cscn1. The third-order valence-corrected chi connectivity index (χ3v) is 2.22. The molecule has 4 heteroatoms. The van der Waals surface area contributed by atoms with Gasteiger partial charge in [-0.25, -0.2) is 4.98 Å². The molecule has 0 saturated carbocycles. The largest absolute Gasteiger partial charge is 0.392 e. The summed E-state index contributed by atoms with van der Waals surface area (Å²) < 4.78 is 0. The van der Waals surface area contributed by atoms with Crippen LogP contribution in [0.1, 0.15) is 25.6 Å². The van der Waals surface area contributed by atoms with Gasteiger partial charge in [-0.1, -0.05) is 0 Å². The van der Waals surface area contributed by atoms with E-state index in [0.29, 0.717) is 6.54 Å². The van der Waals surface area contributed by atoms with Crippen LogP contribution in [0.25, 0.3) is 0 Å². The molecule has 0 aliphatic carbocycles. The lowest BCUT2D eigenvalue weighted by Crippen LogP contribution is -2.27.